The van der Waals surface area contributed by atoms with Crippen LogP contribution in [-0.4, -0.2) is 61.8 Å². The molecule has 1 aliphatic rings. The van der Waals surface area contributed by atoms with Crippen LogP contribution in [0.4, 0.5) is 13.2 Å². The molecule has 23 heavy (non-hydrogen) atoms. The summed E-state index contributed by atoms with van der Waals surface area (Å²) in [6.07, 6.45) is -9.45. The highest BCUT2D eigenvalue weighted by Gasteiger charge is 2.45. The lowest BCUT2D eigenvalue weighted by Gasteiger charge is -2.19. The summed E-state index contributed by atoms with van der Waals surface area (Å²) in [7, 11) is -5.00. The smallest absolute Gasteiger partial charge is 0.426 e. The number of carbonyl (C=O) groups excluding carboxylic acids is 2. The summed E-state index contributed by atoms with van der Waals surface area (Å²) >= 11 is 0. The third-order valence-electron chi connectivity index (χ3n) is 2.71. The molecule has 0 aromatic rings. The molecule has 0 aromatic carbocycles. The van der Waals surface area contributed by atoms with Gasteiger partial charge in [-0.15, -0.1) is 0 Å². The number of halogens is 3. The summed E-state index contributed by atoms with van der Waals surface area (Å²) in [5.74, 6) is -4.10. The van der Waals surface area contributed by atoms with E-state index in [1.807, 2.05) is 0 Å². The minimum atomic E-state index is -5.18. The highest BCUT2D eigenvalue weighted by molar-refractivity contribution is 7.85. The minimum Gasteiger partial charge on any atom is -0.463 e. The largest absolute Gasteiger partial charge is 0.463 e. The van der Waals surface area contributed by atoms with Crippen molar-refractivity contribution in [3.05, 3.63) is 0 Å². The molecule has 1 rings (SSSR count). The molecule has 1 saturated heterocycles. The van der Waals surface area contributed by atoms with Gasteiger partial charge < -0.3 is 14.2 Å². The average Bonchev–Trinajstić information content (AvgIpc) is 3.09. The Kier molecular flexibility index (Phi) is 5.99. The first-order valence-corrected chi connectivity index (χ1v) is 7.93. The Balaban J connectivity index is 2.41. The van der Waals surface area contributed by atoms with Crippen LogP contribution in [0.2, 0.25) is 0 Å². The molecule has 1 heterocycles. The molecular weight excluding hydrogens is 349 g/mol. The fraction of sp³-hybridized carbons (Fsp3) is 0.818. The molecule has 1 aliphatic heterocycles. The van der Waals surface area contributed by atoms with E-state index in [0.29, 0.717) is 6.61 Å². The van der Waals surface area contributed by atoms with Gasteiger partial charge in [0.2, 0.25) is 6.10 Å². The molecular formula is C11H15F3O8S. The van der Waals surface area contributed by atoms with Gasteiger partial charge in [-0.1, -0.05) is 0 Å². The Hall–Kier alpha value is -1.40. The lowest BCUT2D eigenvalue weighted by atomic mass is 10.2. The van der Waals surface area contributed by atoms with Crippen LogP contribution < -0.4 is 0 Å². The first-order chi connectivity index (χ1) is 10.3. The molecule has 12 heteroatoms. The van der Waals surface area contributed by atoms with Gasteiger partial charge in [0.1, 0.15) is 18.0 Å². The predicted octanol–water partition coefficient (Wildman–Crippen LogP) is 0.461. The Morgan fingerprint density at radius 1 is 1.30 bits per heavy atom. The van der Waals surface area contributed by atoms with E-state index in [4.69, 9.17) is 14.0 Å². The zero-order chi connectivity index (χ0) is 17.9. The van der Waals surface area contributed by atoms with Gasteiger partial charge in [0.05, 0.1) is 19.4 Å². The Bertz CT molecular complexity index is 552. The van der Waals surface area contributed by atoms with E-state index in [2.05, 4.69) is 4.74 Å². The van der Waals surface area contributed by atoms with Gasteiger partial charge in [0.15, 0.2) is 0 Å². The average molecular weight is 364 g/mol. The number of rotatable bonds is 8. The molecule has 134 valence electrons. The number of carbonyl (C=O) groups is 2. The molecule has 0 radical (unpaired) electrons. The van der Waals surface area contributed by atoms with E-state index in [0.717, 1.165) is 0 Å². The van der Waals surface area contributed by atoms with E-state index in [9.17, 15) is 31.2 Å². The van der Waals surface area contributed by atoms with Gasteiger partial charge in [-0.05, 0) is 6.92 Å². The number of hydrogen-bond acceptors (Lipinski definition) is 7. The van der Waals surface area contributed by atoms with Crippen LogP contribution >= 0.6 is 0 Å². The summed E-state index contributed by atoms with van der Waals surface area (Å²) in [6, 6.07) is 0. The second-order valence-electron chi connectivity index (χ2n) is 5.17. The first-order valence-electron chi connectivity index (χ1n) is 6.32. The molecule has 8 nitrogen and oxygen atoms in total. The van der Waals surface area contributed by atoms with Crippen molar-refractivity contribution in [3.63, 3.8) is 0 Å². The van der Waals surface area contributed by atoms with Crippen LogP contribution in [0.5, 0.6) is 0 Å². The number of hydrogen-bond donors (Lipinski definition) is 1. The van der Waals surface area contributed by atoms with Crippen molar-refractivity contribution in [2.75, 3.05) is 19.0 Å². The topological polar surface area (TPSA) is 120 Å². The van der Waals surface area contributed by atoms with Gasteiger partial charge in [-0.3, -0.25) is 14.1 Å². The number of esters is 2. The van der Waals surface area contributed by atoms with Crippen molar-refractivity contribution < 1.29 is 49.9 Å². The quantitative estimate of drug-likeness (QED) is 0.375. The van der Waals surface area contributed by atoms with Crippen LogP contribution in [0.25, 0.3) is 0 Å². The van der Waals surface area contributed by atoms with Crippen LogP contribution in [0.1, 0.15) is 19.8 Å². The Morgan fingerprint density at radius 3 is 2.26 bits per heavy atom. The maximum atomic E-state index is 12.5. The normalized spacial score (nSPS) is 22.3. The number of epoxide rings is 1. The first kappa shape index (κ1) is 19.6. The van der Waals surface area contributed by atoms with E-state index in [-0.39, 0.29) is 6.61 Å². The molecule has 0 spiro atoms. The number of alkyl halides is 3. The van der Waals surface area contributed by atoms with Gasteiger partial charge in [0, 0.05) is 0 Å². The van der Waals surface area contributed by atoms with Crippen LogP contribution in [0.3, 0.4) is 0 Å². The minimum absolute atomic E-state index is 0.0468. The summed E-state index contributed by atoms with van der Waals surface area (Å²) in [5.41, 5.74) is -0.562. The van der Waals surface area contributed by atoms with Crippen LogP contribution in [0, 0.1) is 0 Å². The van der Waals surface area contributed by atoms with E-state index >= 15 is 0 Å². The third-order valence-corrected chi connectivity index (χ3v) is 3.43. The second kappa shape index (κ2) is 7.01. The fourth-order valence-electron chi connectivity index (χ4n) is 1.32. The Morgan fingerprint density at radius 2 is 1.83 bits per heavy atom. The maximum absolute atomic E-state index is 12.5. The third kappa shape index (κ3) is 8.13. The van der Waals surface area contributed by atoms with Gasteiger partial charge >= 0.3 is 18.1 Å². The fourth-order valence-corrected chi connectivity index (χ4v) is 1.96. The van der Waals surface area contributed by atoms with Crippen LogP contribution in [-0.2, 0) is 33.9 Å². The highest BCUT2D eigenvalue weighted by Crippen LogP contribution is 2.26. The Labute approximate surface area is 129 Å². The molecule has 2 unspecified atom stereocenters. The van der Waals surface area contributed by atoms with Crippen molar-refractivity contribution in [2.45, 2.75) is 37.6 Å². The van der Waals surface area contributed by atoms with Gasteiger partial charge in [0.25, 0.3) is 10.1 Å². The number of ether oxygens (including phenoxy) is 3. The van der Waals surface area contributed by atoms with E-state index in [1.165, 1.54) is 0 Å². The molecule has 0 bridgehead atoms. The second-order valence-corrected chi connectivity index (χ2v) is 6.67. The van der Waals surface area contributed by atoms with Gasteiger partial charge in [-0.25, -0.2) is 0 Å². The van der Waals surface area contributed by atoms with Crippen molar-refractivity contribution in [2.24, 2.45) is 0 Å². The van der Waals surface area contributed by atoms with Crippen molar-refractivity contribution in [1.29, 1.82) is 0 Å². The maximum Gasteiger partial charge on any atom is 0.426 e. The lowest BCUT2D eigenvalue weighted by Crippen LogP contribution is -2.39. The molecule has 1 N–H and O–H groups in total. The lowest BCUT2D eigenvalue weighted by molar-refractivity contribution is -0.215. The summed E-state index contributed by atoms with van der Waals surface area (Å²) in [4.78, 5) is 22.6. The predicted molar refractivity (Wildman–Crippen MR) is 66.9 cm³/mol. The van der Waals surface area contributed by atoms with Crippen molar-refractivity contribution >= 4 is 22.1 Å². The van der Waals surface area contributed by atoms with Crippen molar-refractivity contribution in [3.8, 4) is 0 Å². The molecule has 0 aromatic heterocycles. The van der Waals surface area contributed by atoms with Crippen molar-refractivity contribution in [1.82, 2.24) is 0 Å². The highest BCUT2D eigenvalue weighted by atomic mass is 32.2. The SMILES string of the molecule is CC1(COC(=O)CCC(=O)OC(CS(=O)(=O)O)C(F)(F)F)CO1. The van der Waals surface area contributed by atoms with E-state index in [1.54, 1.807) is 6.92 Å². The zero-order valence-corrected chi connectivity index (χ0v) is 12.8. The molecule has 0 aliphatic carbocycles. The zero-order valence-electron chi connectivity index (χ0n) is 12.0. The standard InChI is InChI=1S/C11H15F3O8S/c1-10(6-21-10)5-20-8(15)2-3-9(16)22-7(11(12,13)14)4-23(17,18)19/h7H,2-6H2,1H3,(H,17,18,19). The molecule has 0 amide bonds. The summed E-state index contributed by atoms with van der Waals surface area (Å²) in [5, 5.41) is 0. The van der Waals surface area contributed by atoms with E-state index < -0.39 is 58.5 Å². The summed E-state index contributed by atoms with van der Waals surface area (Å²) in [6.45, 7) is 2.04. The van der Waals surface area contributed by atoms with Crippen LogP contribution in [0.15, 0.2) is 0 Å². The van der Waals surface area contributed by atoms with Gasteiger partial charge in [-0.2, -0.15) is 21.6 Å². The molecule has 2 atom stereocenters. The molecule has 1 fully saturated rings. The summed E-state index contributed by atoms with van der Waals surface area (Å²) < 4.78 is 80.6. The molecule has 0 saturated carbocycles. The monoisotopic (exact) mass is 364 g/mol.